The maximum atomic E-state index is 9.28. The van der Waals surface area contributed by atoms with Gasteiger partial charge in [-0.2, -0.15) is 0 Å². The Morgan fingerprint density at radius 2 is 1.92 bits per heavy atom. The molecule has 3 rings (SSSR count). The first-order chi connectivity index (χ1) is 11.8. The molecule has 1 aliphatic heterocycles. The second-order valence-corrected chi connectivity index (χ2v) is 6.68. The van der Waals surface area contributed by atoms with Gasteiger partial charge in [0.2, 0.25) is 0 Å². The molecule has 1 aliphatic rings. The van der Waals surface area contributed by atoms with Crippen molar-refractivity contribution in [1.29, 1.82) is 0 Å². The van der Waals surface area contributed by atoms with Crippen LogP contribution in [-0.2, 0) is 6.54 Å². The fraction of sp³-hybridized carbons (Fsp3) is 0.450. The van der Waals surface area contributed by atoms with Gasteiger partial charge in [-0.25, -0.2) is 0 Å². The average Bonchev–Trinajstić information content (AvgIpc) is 2.64. The number of para-hydroxylation sites is 1. The minimum Gasteiger partial charge on any atom is -0.396 e. The molecule has 4 heteroatoms. The van der Waals surface area contributed by atoms with E-state index in [9.17, 15) is 5.11 Å². The molecule has 0 unspecified atom stereocenters. The third-order valence-corrected chi connectivity index (χ3v) is 4.88. The monoisotopic (exact) mass is 325 g/mol. The number of pyridine rings is 1. The Labute approximate surface area is 144 Å². The molecule has 2 aromatic rings. The van der Waals surface area contributed by atoms with Crippen molar-refractivity contribution in [3.05, 3.63) is 59.9 Å². The number of aliphatic hydroxyl groups is 1. The molecule has 0 bridgehead atoms. The Bertz CT molecular complexity index is 624. The summed E-state index contributed by atoms with van der Waals surface area (Å²) in [7, 11) is 0. The summed E-state index contributed by atoms with van der Waals surface area (Å²) in [6.45, 7) is 5.56. The van der Waals surface area contributed by atoms with E-state index < -0.39 is 0 Å². The van der Waals surface area contributed by atoms with Crippen molar-refractivity contribution in [2.24, 2.45) is 5.92 Å². The van der Waals surface area contributed by atoms with Crippen molar-refractivity contribution in [1.82, 2.24) is 9.88 Å². The fourth-order valence-electron chi connectivity index (χ4n) is 3.31. The second-order valence-electron chi connectivity index (χ2n) is 6.68. The number of hydrogen-bond donors (Lipinski definition) is 2. The number of hydrogen-bond acceptors (Lipinski definition) is 4. The van der Waals surface area contributed by atoms with Gasteiger partial charge in [-0.15, -0.1) is 0 Å². The highest BCUT2D eigenvalue weighted by molar-refractivity contribution is 5.52. The zero-order valence-corrected chi connectivity index (χ0v) is 14.4. The maximum absolute atomic E-state index is 9.28. The largest absolute Gasteiger partial charge is 0.396 e. The van der Waals surface area contributed by atoms with Gasteiger partial charge in [-0.1, -0.05) is 24.3 Å². The number of anilines is 1. The van der Waals surface area contributed by atoms with Gasteiger partial charge in [0.15, 0.2) is 0 Å². The molecule has 24 heavy (non-hydrogen) atoms. The van der Waals surface area contributed by atoms with Crippen LogP contribution in [-0.4, -0.2) is 34.7 Å². The van der Waals surface area contributed by atoms with Crippen LogP contribution >= 0.6 is 0 Å². The first-order valence-electron chi connectivity index (χ1n) is 8.85. The molecule has 4 nitrogen and oxygen atoms in total. The summed E-state index contributed by atoms with van der Waals surface area (Å²) in [5.41, 5.74) is 3.55. The zero-order chi connectivity index (χ0) is 16.8. The number of aromatic nitrogens is 1. The lowest BCUT2D eigenvalue weighted by molar-refractivity contribution is 0.127. The molecule has 2 heterocycles. The number of rotatable bonds is 6. The Morgan fingerprint density at radius 1 is 1.17 bits per heavy atom. The summed E-state index contributed by atoms with van der Waals surface area (Å²) in [5, 5.41) is 12.9. The van der Waals surface area contributed by atoms with Crippen molar-refractivity contribution >= 4 is 5.69 Å². The molecular formula is C20H27N3O. The zero-order valence-electron chi connectivity index (χ0n) is 14.4. The van der Waals surface area contributed by atoms with E-state index in [-0.39, 0.29) is 6.04 Å². The molecule has 0 aliphatic carbocycles. The van der Waals surface area contributed by atoms with Crippen LogP contribution in [0.1, 0.15) is 37.1 Å². The molecule has 1 aromatic heterocycles. The number of aliphatic hydroxyl groups excluding tert-OH is 1. The maximum Gasteiger partial charge on any atom is 0.0657 e. The molecule has 128 valence electrons. The van der Waals surface area contributed by atoms with Crippen LogP contribution in [0.15, 0.2) is 48.7 Å². The molecular weight excluding hydrogens is 298 g/mol. The summed E-state index contributed by atoms with van der Waals surface area (Å²) in [5.74, 6) is 0.485. The lowest BCUT2D eigenvalue weighted by Gasteiger charge is -2.31. The standard InChI is InChI=1S/C20H27N3O/c1-16(19-7-4-5-11-21-19)22-20-8-3-2-6-18(20)14-23-12-9-17(15-24)10-13-23/h2-8,11,16-17,22,24H,9-10,12-15H2,1H3/t16-/m0/s1. The van der Waals surface area contributed by atoms with E-state index in [2.05, 4.69) is 52.5 Å². The van der Waals surface area contributed by atoms with Crippen molar-refractivity contribution in [3.8, 4) is 0 Å². The summed E-state index contributed by atoms with van der Waals surface area (Å²) >= 11 is 0. The summed E-state index contributed by atoms with van der Waals surface area (Å²) in [6.07, 6.45) is 4.03. The highest BCUT2D eigenvalue weighted by Crippen LogP contribution is 2.25. The van der Waals surface area contributed by atoms with E-state index in [4.69, 9.17) is 0 Å². The predicted octanol–water partition coefficient (Wildman–Crippen LogP) is 3.46. The minimum atomic E-state index is 0.174. The lowest BCUT2D eigenvalue weighted by Crippen LogP contribution is -2.34. The van der Waals surface area contributed by atoms with Crippen LogP contribution in [0.25, 0.3) is 0 Å². The van der Waals surface area contributed by atoms with Crippen LogP contribution < -0.4 is 5.32 Å². The van der Waals surface area contributed by atoms with E-state index in [1.165, 1.54) is 11.3 Å². The number of nitrogens with zero attached hydrogens (tertiary/aromatic N) is 2. The predicted molar refractivity (Wildman–Crippen MR) is 97.8 cm³/mol. The van der Waals surface area contributed by atoms with Gasteiger partial charge >= 0.3 is 0 Å². The topological polar surface area (TPSA) is 48.4 Å². The van der Waals surface area contributed by atoms with Gasteiger partial charge in [-0.3, -0.25) is 9.88 Å². The molecule has 0 spiro atoms. The van der Waals surface area contributed by atoms with Crippen molar-refractivity contribution in [2.45, 2.75) is 32.4 Å². The normalized spacial score (nSPS) is 17.6. The SMILES string of the molecule is C[C@H](Nc1ccccc1CN1CCC(CO)CC1)c1ccccn1. The summed E-state index contributed by atoms with van der Waals surface area (Å²) < 4.78 is 0. The van der Waals surface area contributed by atoms with E-state index in [0.717, 1.165) is 38.2 Å². The van der Waals surface area contributed by atoms with Gasteiger partial charge < -0.3 is 10.4 Å². The first-order valence-corrected chi connectivity index (χ1v) is 8.85. The molecule has 0 saturated carbocycles. The molecule has 1 atom stereocenters. The van der Waals surface area contributed by atoms with Crippen LogP contribution in [0.3, 0.4) is 0 Å². The molecule has 2 N–H and O–H groups in total. The first kappa shape index (κ1) is 16.9. The van der Waals surface area contributed by atoms with Crippen molar-refractivity contribution < 1.29 is 5.11 Å². The fourth-order valence-corrected chi connectivity index (χ4v) is 3.31. The number of likely N-dealkylation sites (tertiary alicyclic amines) is 1. The smallest absolute Gasteiger partial charge is 0.0657 e. The number of nitrogens with one attached hydrogen (secondary N) is 1. The van der Waals surface area contributed by atoms with E-state index in [0.29, 0.717) is 12.5 Å². The number of piperidine rings is 1. The molecule has 1 fully saturated rings. The highest BCUT2D eigenvalue weighted by Gasteiger charge is 2.19. The molecule has 0 amide bonds. The highest BCUT2D eigenvalue weighted by atomic mass is 16.3. The van der Waals surface area contributed by atoms with Crippen LogP contribution in [0.2, 0.25) is 0 Å². The minimum absolute atomic E-state index is 0.174. The van der Waals surface area contributed by atoms with Gasteiger partial charge in [0.25, 0.3) is 0 Å². The summed E-state index contributed by atoms with van der Waals surface area (Å²) in [4.78, 5) is 6.93. The second kappa shape index (κ2) is 8.27. The third-order valence-electron chi connectivity index (χ3n) is 4.88. The van der Waals surface area contributed by atoms with Crippen LogP contribution in [0, 0.1) is 5.92 Å². The van der Waals surface area contributed by atoms with Crippen LogP contribution in [0.4, 0.5) is 5.69 Å². The van der Waals surface area contributed by atoms with E-state index in [1.807, 2.05) is 18.3 Å². The Hall–Kier alpha value is -1.91. The van der Waals surface area contributed by atoms with Gasteiger partial charge in [0.05, 0.1) is 11.7 Å². The Morgan fingerprint density at radius 3 is 2.62 bits per heavy atom. The summed E-state index contributed by atoms with van der Waals surface area (Å²) in [6, 6.07) is 14.7. The van der Waals surface area contributed by atoms with Crippen LogP contribution in [0.5, 0.6) is 0 Å². The van der Waals surface area contributed by atoms with Gasteiger partial charge in [0, 0.05) is 25.0 Å². The molecule has 0 radical (unpaired) electrons. The quantitative estimate of drug-likeness (QED) is 0.854. The average molecular weight is 325 g/mol. The third kappa shape index (κ3) is 4.34. The van der Waals surface area contributed by atoms with E-state index in [1.54, 1.807) is 0 Å². The Kier molecular flexibility index (Phi) is 5.83. The lowest BCUT2D eigenvalue weighted by atomic mass is 9.97. The molecule has 1 aromatic carbocycles. The van der Waals surface area contributed by atoms with Gasteiger partial charge in [-0.05, 0) is 62.5 Å². The van der Waals surface area contributed by atoms with Gasteiger partial charge in [0.1, 0.15) is 0 Å². The number of benzene rings is 1. The Balaban J connectivity index is 1.65. The van der Waals surface area contributed by atoms with Crippen molar-refractivity contribution in [3.63, 3.8) is 0 Å². The van der Waals surface area contributed by atoms with Crippen molar-refractivity contribution in [2.75, 3.05) is 25.0 Å². The van der Waals surface area contributed by atoms with E-state index >= 15 is 0 Å². The molecule has 1 saturated heterocycles.